The zero-order chi connectivity index (χ0) is 37.8. The molecule has 282 valence electrons. The Morgan fingerprint density at radius 3 is 2.67 bits per heavy atom. The predicted molar refractivity (Wildman–Crippen MR) is 201 cm³/mol. The Morgan fingerprint density at radius 1 is 1.09 bits per heavy atom. The van der Waals surface area contributed by atoms with Gasteiger partial charge in [-0.15, -0.1) is 0 Å². The van der Waals surface area contributed by atoms with Crippen molar-refractivity contribution in [1.29, 1.82) is 0 Å². The fourth-order valence-electron chi connectivity index (χ4n) is 7.06. The fraction of sp³-hybridized carbons (Fsp3) is 0.385. The van der Waals surface area contributed by atoms with Crippen LogP contribution in [0.3, 0.4) is 0 Å². The molecule has 2 aliphatic heterocycles. The van der Waals surface area contributed by atoms with Gasteiger partial charge in [0.25, 0.3) is 0 Å². The number of pyridine rings is 1. The molecule has 1 saturated heterocycles. The third-order valence-electron chi connectivity index (χ3n) is 9.89. The Labute approximate surface area is 312 Å². The van der Waals surface area contributed by atoms with Gasteiger partial charge in [-0.2, -0.15) is 10.2 Å². The number of aromatic amines is 1. The highest BCUT2D eigenvalue weighted by Gasteiger charge is 2.41. The van der Waals surface area contributed by atoms with Crippen molar-refractivity contribution in [1.82, 2.24) is 39.7 Å². The van der Waals surface area contributed by atoms with Crippen molar-refractivity contribution in [2.45, 2.75) is 51.4 Å². The van der Waals surface area contributed by atoms with Crippen LogP contribution in [-0.2, 0) is 20.9 Å². The highest BCUT2D eigenvalue weighted by Crippen LogP contribution is 2.32. The van der Waals surface area contributed by atoms with Crippen LogP contribution in [-0.4, -0.2) is 115 Å². The number of anilines is 1. The number of carbonyl (C=O) groups is 2. The minimum absolute atomic E-state index is 0.00534. The second-order valence-electron chi connectivity index (χ2n) is 14.0. The lowest BCUT2D eigenvalue weighted by Crippen LogP contribution is -2.44. The first-order valence-electron chi connectivity index (χ1n) is 18.1. The highest BCUT2D eigenvalue weighted by molar-refractivity contribution is 5.98. The Balaban J connectivity index is 0.923. The molecule has 2 aromatic carbocycles. The largest absolute Gasteiger partial charge is 0.475 e. The maximum Gasteiger partial charge on any atom is 0.237 e. The number of H-pyrrole nitrogens is 1. The van der Waals surface area contributed by atoms with E-state index in [2.05, 4.69) is 30.6 Å². The highest BCUT2D eigenvalue weighted by atomic mass is 19.1. The first-order chi connectivity index (χ1) is 26.1. The zero-order valence-corrected chi connectivity index (χ0v) is 30.6. The third kappa shape index (κ3) is 8.17. The molecule has 5 heterocycles. The number of nitrogens with zero attached hydrogens (tertiary/aromatic N) is 7. The number of ether oxygens (including phenoxy) is 2. The van der Waals surface area contributed by atoms with Gasteiger partial charge in [0.05, 0.1) is 48.9 Å². The summed E-state index contributed by atoms with van der Waals surface area (Å²) in [6, 6.07) is 14.3. The number of halogens is 1. The standard InChI is InChI=1S/C39H44FN9O5/c1-25(2)54-35-9-5-28(21-41-35)37-31-19-29(6-8-33(31)44-45-37)43-34(51)20-39(53-3)12-15-47(23-39)22-36(52)48-13-10-26(11-14-48)27-4-7-30(32(40)18-27)38-42-24-49(46-38)16-17-50/h4-10,18-19,21,24-25,50H,11-17,20,22-23H2,1-3H3,(H,43,51)(H,44,45). The molecule has 0 spiro atoms. The normalized spacial score (nSPS) is 17.7. The number of rotatable bonds is 13. The van der Waals surface area contributed by atoms with Crippen LogP contribution < -0.4 is 10.1 Å². The van der Waals surface area contributed by atoms with Gasteiger partial charge >= 0.3 is 0 Å². The van der Waals surface area contributed by atoms with E-state index in [1.807, 2.05) is 61.2 Å². The van der Waals surface area contributed by atoms with E-state index in [9.17, 15) is 9.59 Å². The number of amides is 2. The van der Waals surface area contributed by atoms with Crippen LogP contribution in [0.25, 0.3) is 39.1 Å². The van der Waals surface area contributed by atoms with Gasteiger partial charge in [0.2, 0.25) is 17.7 Å². The summed E-state index contributed by atoms with van der Waals surface area (Å²) in [6.45, 7) is 6.33. The van der Waals surface area contributed by atoms with Crippen LogP contribution in [0, 0.1) is 5.82 Å². The van der Waals surface area contributed by atoms with Gasteiger partial charge in [-0.3, -0.25) is 24.3 Å². The minimum Gasteiger partial charge on any atom is -0.475 e. The molecule has 3 aromatic heterocycles. The lowest BCUT2D eigenvalue weighted by Gasteiger charge is -2.30. The first kappa shape index (κ1) is 36.8. The molecule has 1 fully saturated rings. The van der Waals surface area contributed by atoms with E-state index < -0.39 is 11.4 Å². The van der Waals surface area contributed by atoms with Gasteiger partial charge < -0.3 is 24.8 Å². The van der Waals surface area contributed by atoms with Crippen LogP contribution in [0.5, 0.6) is 5.88 Å². The molecule has 5 aromatic rings. The summed E-state index contributed by atoms with van der Waals surface area (Å²) in [6.07, 6.45) is 6.52. The van der Waals surface area contributed by atoms with Gasteiger partial charge in [0.1, 0.15) is 17.8 Å². The molecule has 1 atom stereocenters. The van der Waals surface area contributed by atoms with E-state index in [0.29, 0.717) is 50.6 Å². The molecule has 15 heteroatoms. The van der Waals surface area contributed by atoms with Crippen LogP contribution in [0.4, 0.5) is 10.1 Å². The van der Waals surface area contributed by atoms with Crippen LogP contribution in [0.1, 0.15) is 38.7 Å². The Hall–Kier alpha value is -5.51. The van der Waals surface area contributed by atoms with Crippen molar-refractivity contribution >= 4 is 34.0 Å². The number of hydrogen-bond acceptors (Lipinski definition) is 10. The van der Waals surface area contributed by atoms with Gasteiger partial charge in [0.15, 0.2) is 5.82 Å². The number of carbonyl (C=O) groups excluding carboxylic acids is 2. The molecule has 2 aliphatic rings. The lowest BCUT2D eigenvalue weighted by atomic mass is 9.97. The summed E-state index contributed by atoms with van der Waals surface area (Å²) in [7, 11) is 1.61. The van der Waals surface area contributed by atoms with E-state index in [4.69, 9.17) is 14.6 Å². The van der Waals surface area contributed by atoms with Crippen molar-refractivity contribution in [3.63, 3.8) is 0 Å². The van der Waals surface area contributed by atoms with E-state index in [1.165, 1.54) is 17.1 Å². The quantitative estimate of drug-likeness (QED) is 0.156. The van der Waals surface area contributed by atoms with Crippen LogP contribution >= 0.6 is 0 Å². The number of likely N-dealkylation sites (tertiary alicyclic amines) is 1. The third-order valence-corrected chi connectivity index (χ3v) is 9.89. The maximum atomic E-state index is 15.1. The Morgan fingerprint density at radius 2 is 1.94 bits per heavy atom. The van der Waals surface area contributed by atoms with Gasteiger partial charge in [-0.1, -0.05) is 12.1 Å². The summed E-state index contributed by atoms with van der Waals surface area (Å²) >= 11 is 0. The number of hydrogen-bond donors (Lipinski definition) is 3. The van der Waals surface area contributed by atoms with Crippen LogP contribution in [0.2, 0.25) is 0 Å². The van der Waals surface area contributed by atoms with E-state index in [-0.39, 0.29) is 55.4 Å². The number of benzene rings is 2. The van der Waals surface area contributed by atoms with Crippen molar-refractivity contribution in [3.8, 4) is 28.5 Å². The molecule has 2 amide bonds. The lowest BCUT2D eigenvalue weighted by molar-refractivity contribution is -0.132. The average Bonchev–Trinajstić information content (AvgIpc) is 3.91. The topological polar surface area (TPSA) is 164 Å². The maximum absolute atomic E-state index is 15.1. The number of fused-ring (bicyclic) bond motifs is 1. The SMILES string of the molecule is COC1(CC(=O)Nc2ccc3[nH]nc(-c4ccc(OC(C)C)nc4)c3c2)CCN(CC(=O)N2CC=C(c3ccc(-c4ncn(CCO)n4)c(F)c3)CC2)C1. The second-order valence-corrected chi connectivity index (χ2v) is 14.0. The van der Waals surface area contributed by atoms with Crippen molar-refractivity contribution in [2.75, 3.05) is 51.8 Å². The number of nitrogens with one attached hydrogen (secondary N) is 2. The minimum atomic E-state index is -0.724. The molecule has 1 unspecified atom stereocenters. The molecule has 7 rings (SSSR count). The first-order valence-corrected chi connectivity index (χ1v) is 18.1. The number of methoxy groups -OCH3 is 1. The van der Waals surface area contributed by atoms with Crippen molar-refractivity contribution in [3.05, 3.63) is 78.5 Å². The van der Waals surface area contributed by atoms with Crippen LogP contribution in [0.15, 0.2) is 67.1 Å². The Bertz CT molecular complexity index is 2170. The van der Waals surface area contributed by atoms with Crippen molar-refractivity contribution < 1.29 is 28.6 Å². The van der Waals surface area contributed by atoms with E-state index in [1.54, 1.807) is 24.3 Å². The summed E-state index contributed by atoms with van der Waals surface area (Å²) in [4.78, 5) is 39.1. The smallest absolute Gasteiger partial charge is 0.237 e. The summed E-state index contributed by atoms with van der Waals surface area (Å²) in [5.41, 5.74) is 4.30. The molecule has 0 saturated carbocycles. The molecule has 0 bridgehead atoms. The van der Waals surface area contributed by atoms with Gasteiger partial charge in [0, 0.05) is 62.2 Å². The predicted octanol–water partition coefficient (Wildman–Crippen LogP) is 4.54. The van der Waals surface area contributed by atoms with Gasteiger partial charge in [-0.05, 0) is 74.2 Å². The molecule has 54 heavy (non-hydrogen) atoms. The summed E-state index contributed by atoms with van der Waals surface area (Å²) in [5.74, 6) is 0.182. The van der Waals surface area contributed by atoms with Gasteiger partial charge in [-0.25, -0.2) is 14.4 Å². The molecule has 14 nitrogen and oxygen atoms in total. The molecule has 0 aliphatic carbocycles. The second kappa shape index (κ2) is 15.8. The average molecular weight is 738 g/mol. The number of aromatic nitrogens is 6. The number of aliphatic hydroxyl groups is 1. The molecule has 0 radical (unpaired) electrons. The number of aliphatic hydroxyl groups excluding tert-OH is 1. The Kier molecular flexibility index (Phi) is 10.8. The van der Waals surface area contributed by atoms with Crippen molar-refractivity contribution in [2.24, 2.45) is 0 Å². The van der Waals surface area contributed by atoms with E-state index >= 15 is 4.39 Å². The zero-order valence-electron chi connectivity index (χ0n) is 30.6. The summed E-state index contributed by atoms with van der Waals surface area (Å²) in [5, 5.41) is 24.7. The molecular weight excluding hydrogens is 693 g/mol. The monoisotopic (exact) mass is 737 g/mol. The molecule has 3 N–H and O–H groups in total. The summed E-state index contributed by atoms with van der Waals surface area (Å²) < 4.78 is 28.1. The molecular formula is C39H44FN9O5. The fourth-order valence-corrected chi connectivity index (χ4v) is 7.06. The van der Waals surface area contributed by atoms with E-state index in [0.717, 1.165) is 33.3 Å².